The molecule has 6 heteroatoms. The van der Waals surface area contributed by atoms with Crippen molar-refractivity contribution in [2.45, 2.75) is 20.3 Å². The van der Waals surface area contributed by atoms with E-state index in [0.29, 0.717) is 0 Å². The molecule has 2 aliphatic rings. The van der Waals surface area contributed by atoms with E-state index in [1.165, 1.54) is 6.42 Å². The SMILES string of the molecule is CCC.c1cc(N2CCOCC2)nc(N2CCOCC2)n1. The molecule has 6 nitrogen and oxygen atoms in total. The highest BCUT2D eigenvalue weighted by Crippen LogP contribution is 2.16. The molecule has 2 aliphatic heterocycles. The van der Waals surface area contributed by atoms with Gasteiger partial charge in [-0.15, -0.1) is 0 Å². The van der Waals surface area contributed by atoms with Crippen LogP contribution in [0.3, 0.4) is 0 Å². The molecule has 1 aromatic rings. The Morgan fingerprint density at radius 2 is 1.48 bits per heavy atom. The molecule has 2 fully saturated rings. The number of ether oxygens (including phenoxy) is 2. The predicted molar refractivity (Wildman–Crippen MR) is 84.1 cm³/mol. The first-order chi connectivity index (χ1) is 10.3. The van der Waals surface area contributed by atoms with E-state index in [-0.39, 0.29) is 0 Å². The molecule has 2 saturated heterocycles. The van der Waals surface area contributed by atoms with Crippen LogP contribution in [0.15, 0.2) is 12.3 Å². The van der Waals surface area contributed by atoms with Gasteiger partial charge in [0.05, 0.1) is 26.4 Å². The third kappa shape index (κ3) is 4.82. The quantitative estimate of drug-likeness (QED) is 0.825. The summed E-state index contributed by atoms with van der Waals surface area (Å²) >= 11 is 0. The minimum absolute atomic E-state index is 0.755. The zero-order valence-corrected chi connectivity index (χ0v) is 13.1. The summed E-state index contributed by atoms with van der Waals surface area (Å²) in [5.74, 6) is 1.80. The Hall–Kier alpha value is -1.40. The third-order valence-corrected chi connectivity index (χ3v) is 3.26. The number of nitrogens with zero attached hydrogens (tertiary/aromatic N) is 4. The molecule has 0 radical (unpaired) electrons. The van der Waals surface area contributed by atoms with Crippen molar-refractivity contribution < 1.29 is 9.47 Å². The molecule has 0 aliphatic carbocycles. The van der Waals surface area contributed by atoms with E-state index in [9.17, 15) is 0 Å². The molecule has 0 atom stereocenters. The Morgan fingerprint density at radius 3 is 2.05 bits per heavy atom. The number of rotatable bonds is 2. The second kappa shape index (κ2) is 8.79. The van der Waals surface area contributed by atoms with Gasteiger partial charge in [0.15, 0.2) is 0 Å². The molecular formula is C15H26N4O2. The summed E-state index contributed by atoms with van der Waals surface area (Å²) in [5, 5.41) is 0. The zero-order chi connectivity index (χ0) is 14.9. The van der Waals surface area contributed by atoms with Gasteiger partial charge in [-0.3, -0.25) is 0 Å². The molecule has 1 aromatic heterocycles. The van der Waals surface area contributed by atoms with Crippen LogP contribution < -0.4 is 9.80 Å². The molecule has 0 unspecified atom stereocenters. The van der Waals surface area contributed by atoms with Crippen LogP contribution in [-0.2, 0) is 9.47 Å². The first-order valence-electron chi connectivity index (χ1n) is 7.83. The minimum atomic E-state index is 0.755. The zero-order valence-electron chi connectivity index (χ0n) is 13.1. The average Bonchev–Trinajstić information content (AvgIpc) is 2.57. The Bertz CT molecular complexity index is 371. The highest BCUT2D eigenvalue weighted by Gasteiger charge is 2.17. The Labute approximate surface area is 127 Å². The summed E-state index contributed by atoms with van der Waals surface area (Å²) in [6, 6.07) is 1.97. The molecule has 118 valence electrons. The maximum atomic E-state index is 5.36. The van der Waals surface area contributed by atoms with Gasteiger partial charge in [0.25, 0.3) is 0 Å². The lowest BCUT2D eigenvalue weighted by Gasteiger charge is -2.30. The lowest BCUT2D eigenvalue weighted by molar-refractivity contribution is 0.121. The van der Waals surface area contributed by atoms with Crippen molar-refractivity contribution in [1.29, 1.82) is 0 Å². The number of anilines is 2. The molecule has 3 rings (SSSR count). The fraction of sp³-hybridized carbons (Fsp3) is 0.733. The molecular weight excluding hydrogens is 268 g/mol. The summed E-state index contributed by atoms with van der Waals surface area (Å²) < 4.78 is 10.7. The van der Waals surface area contributed by atoms with Gasteiger partial charge in [-0.05, 0) is 6.07 Å². The van der Waals surface area contributed by atoms with Crippen molar-refractivity contribution >= 4 is 11.8 Å². The molecule has 0 bridgehead atoms. The smallest absolute Gasteiger partial charge is 0.227 e. The Morgan fingerprint density at radius 1 is 0.952 bits per heavy atom. The van der Waals surface area contributed by atoms with E-state index in [1.807, 2.05) is 12.3 Å². The molecule has 0 aromatic carbocycles. The monoisotopic (exact) mass is 294 g/mol. The second-order valence-corrected chi connectivity index (χ2v) is 5.12. The number of hydrogen-bond donors (Lipinski definition) is 0. The van der Waals surface area contributed by atoms with Crippen molar-refractivity contribution in [1.82, 2.24) is 9.97 Å². The maximum absolute atomic E-state index is 5.36. The van der Waals surface area contributed by atoms with Gasteiger partial charge in [0, 0.05) is 32.4 Å². The van der Waals surface area contributed by atoms with Gasteiger partial charge >= 0.3 is 0 Å². The van der Waals surface area contributed by atoms with E-state index in [1.54, 1.807) is 0 Å². The van der Waals surface area contributed by atoms with Gasteiger partial charge in [0.2, 0.25) is 5.95 Å². The largest absolute Gasteiger partial charge is 0.378 e. The van der Waals surface area contributed by atoms with Crippen LogP contribution in [0.1, 0.15) is 20.3 Å². The van der Waals surface area contributed by atoms with Gasteiger partial charge in [-0.25, -0.2) is 4.98 Å². The normalized spacial score (nSPS) is 19.0. The van der Waals surface area contributed by atoms with Crippen molar-refractivity contribution in [2.75, 3.05) is 62.4 Å². The molecule has 0 N–H and O–H groups in total. The predicted octanol–water partition coefficient (Wildman–Crippen LogP) is 1.57. The summed E-state index contributed by atoms with van der Waals surface area (Å²) in [6.07, 6.45) is 3.09. The standard InChI is InChI=1S/C12H18N4O2.C3H8/c1-2-13-12(16-5-9-18-10-6-16)14-11(1)15-3-7-17-8-4-15;1-3-2/h1-2H,3-10H2;3H2,1-2H3. The summed E-state index contributed by atoms with van der Waals surface area (Å²) in [4.78, 5) is 13.4. The van der Waals surface area contributed by atoms with Crippen LogP contribution in [0.25, 0.3) is 0 Å². The van der Waals surface area contributed by atoms with E-state index in [4.69, 9.17) is 9.47 Å². The maximum Gasteiger partial charge on any atom is 0.227 e. The van der Waals surface area contributed by atoms with Gasteiger partial charge in [0.1, 0.15) is 5.82 Å². The van der Waals surface area contributed by atoms with Crippen molar-refractivity contribution in [3.05, 3.63) is 12.3 Å². The highest BCUT2D eigenvalue weighted by atomic mass is 16.5. The second-order valence-electron chi connectivity index (χ2n) is 5.12. The van der Waals surface area contributed by atoms with Gasteiger partial charge < -0.3 is 19.3 Å². The van der Waals surface area contributed by atoms with Crippen molar-refractivity contribution in [3.63, 3.8) is 0 Å². The van der Waals surface area contributed by atoms with E-state index >= 15 is 0 Å². The minimum Gasteiger partial charge on any atom is -0.378 e. The van der Waals surface area contributed by atoms with Crippen LogP contribution in [0, 0.1) is 0 Å². The fourth-order valence-electron chi connectivity index (χ4n) is 2.22. The Kier molecular flexibility index (Phi) is 6.69. The molecule has 0 saturated carbocycles. The lowest BCUT2D eigenvalue weighted by Crippen LogP contribution is -2.39. The van der Waals surface area contributed by atoms with Crippen LogP contribution in [0.5, 0.6) is 0 Å². The summed E-state index contributed by atoms with van der Waals surface area (Å²) in [7, 11) is 0. The lowest BCUT2D eigenvalue weighted by atomic mass is 10.4. The van der Waals surface area contributed by atoms with Crippen LogP contribution in [-0.4, -0.2) is 62.6 Å². The Balaban J connectivity index is 0.000000497. The van der Waals surface area contributed by atoms with E-state index < -0.39 is 0 Å². The van der Waals surface area contributed by atoms with Crippen LogP contribution in [0.4, 0.5) is 11.8 Å². The van der Waals surface area contributed by atoms with Gasteiger partial charge in [-0.2, -0.15) is 4.98 Å². The first kappa shape index (κ1) is 16.0. The average molecular weight is 294 g/mol. The molecule has 0 spiro atoms. The summed E-state index contributed by atoms with van der Waals surface area (Å²) in [5.41, 5.74) is 0. The van der Waals surface area contributed by atoms with Crippen molar-refractivity contribution in [3.8, 4) is 0 Å². The first-order valence-corrected chi connectivity index (χ1v) is 7.83. The van der Waals surface area contributed by atoms with E-state index in [2.05, 4.69) is 33.6 Å². The fourth-order valence-corrected chi connectivity index (χ4v) is 2.22. The molecule has 3 heterocycles. The number of hydrogen-bond acceptors (Lipinski definition) is 6. The van der Waals surface area contributed by atoms with Crippen LogP contribution in [0.2, 0.25) is 0 Å². The van der Waals surface area contributed by atoms with E-state index in [0.717, 1.165) is 64.4 Å². The third-order valence-electron chi connectivity index (χ3n) is 3.26. The molecule has 0 amide bonds. The van der Waals surface area contributed by atoms with Crippen molar-refractivity contribution in [2.24, 2.45) is 0 Å². The number of morpholine rings is 2. The highest BCUT2D eigenvalue weighted by molar-refractivity contribution is 5.44. The van der Waals surface area contributed by atoms with Crippen LogP contribution >= 0.6 is 0 Å². The summed E-state index contributed by atoms with van der Waals surface area (Å²) in [6.45, 7) is 10.8. The topological polar surface area (TPSA) is 50.7 Å². The molecule has 21 heavy (non-hydrogen) atoms. The number of aromatic nitrogens is 2. The van der Waals surface area contributed by atoms with Gasteiger partial charge in [-0.1, -0.05) is 20.3 Å².